The van der Waals surface area contributed by atoms with Crippen LogP contribution in [0, 0.1) is 0 Å². The van der Waals surface area contributed by atoms with E-state index in [1.165, 1.54) is 83.5 Å². The van der Waals surface area contributed by atoms with Crippen LogP contribution >= 0.6 is 0 Å². The number of hydrogen-bond donors (Lipinski definition) is 0. The zero-order valence-electron chi connectivity index (χ0n) is 15.4. The van der Waals surface area contributed by atoms with Crippen LogP contribution in [0.3, 0.4) is 0 Å². The second-order valence-corrected chi connectivity index (χ2v) is 6.65. The van der Waals surface area contributed by atoms with Crippen LogP contribution in [0.4, 0.5) is 0 Å². The Morgan fingerprint density at radius 3 is 1.64 bits per heavy atom. The van der Waals surface area contributed by atoms with E-state index < -0.39 is 0 Å². The number of allylic oxidation sites excluding steroid dienone is 2. The molecule has 0 rings (SSSR count). The first-order valence-corrected chi connectivity index (χ1v) is 10.0. The summed E-state index contributed by atoms with van der Waals surface area (Å²) in [5, 5.41) is 0. The van der Waals surface area contributed by atoms with E-state index in [-0.39, 0.29) is 0 Å². The molecular formula is C21H40O. The molecule has 0 amide bonds. The lowest BCUT2D eigenvalue weighted by molar-refractivity contribution is -0.114. The Morgan fingerprint density at radius 2 is 1.09 bits per heavy atom. The predicted molar refractivity (Wildman–Crippen MR) is 99.4 cm³/mol. The first-order valence-electron chi connectivity index (χ1n) is 10.0. The molecule has 0 aliphatic carbocycles. The minimum atomic E-state index is 0.329. The van der Waals surface area contributed by atoms with Crippen molar-refractivity contribution in [3.05, 3.63) is 12.2 Å². The second kappa shape index (κ2) is 18.5. The normalized spacial score (nSPS) is 11.4. The van der Waals surface area contributed by atoms with Crippen molar-refractivity contribution in [2.45, 2.75) is 117 Å². The van der Waals surface area contributed by atoms with Crippen molar-refractivity contribution in [1.29, 1.82) is 0 Å². The standard InChI is InChI=1S/C21H40O/c1-3-5-7-9-11-12-13-14-16-18-20-21(22)19-17-15-10-8-6-4-2/h17,19H,3-16,18,20H2,1-2H3/b19-17+. The molecule has 0 saturated heterocycles. The van der Waals surface area contributed by atoms with Gasteiger partial charge in [-0.3, -0.25) is 4.79 Å². The van der Waals surface area contributed by atoms with E-state index in [9.17, 15) is 4.79 Å². The van der Waals surface area contributed by atoms with Crippen LogP contribution in [0.2, 0.25) is 0 Å². The van der Waals surface area contributed by atoms with Gasteiger partial charge in [0.1, 0.15) is 0 Å². The highest BCUT2D eigenvalue weighted by Gasteiger charge is 1.97. The lowest BCUT2D eigenvalue weighted by atomic mass is 10.0. The topological polar surface area (TPSA) is 17.1 Å². The van der Waals surface area contributed by atoms with E-state index in [0.717, 1.165) is 19.3 Å². The van der Waals surface area contributed by atoms with E-state index in [1.54, 1.807) is 0 Å². The summed E-state index contributed by atoms with van der Waals surface area (Å²) >= 11 is 0. The highest BCUT2D eigenvalue weighted by atomic mass is 16.1. The van der Waals surface area contributed by atoms with Gasteiger partial charge in [-0.05, 0) is 25.3 Å². The predicted octanol–water partition coefficient (Wildman–Crippen LogP) is 7.39. The van der Waals surface area contributed by atoms with Gasteiger partial charge in [0.25, 0.3) is 0 Å². The maximum atomic E-state index is 11.7. The van der Waals surface area contributed by atoms with Crippen molar-refractivity contribution in [3.63, 3.8) is 0 Å². The summed E-state index contributed by atoms with van der Waals surface area (Å²) in [6, 6.07) is 0. The molecule has 0 unspecified atom stereocenters. The number of ketones is 1. The van der Waals surface area contributed by atoms with Gasteiger partial charge < -0.3 is 0 Å². The zero-order chi connectivity index (χ0) is 16.3. The first kappa shape index (κ1) is 21.4. The summed E-state index contributed by atoms with van der Waals surface area (Å²) in [7, 11) is 0. The summed E-state index contributed by atoms with van der Waals surface area (Å²) in [5.74, 6) is 0.329. The largest absolute Gasteiger partial charge is 0.295 e. The molecule has 0 heterocycles. The Bertz CT molecular complexity index is 255. The highest BCUT2D eigenvalue weighted by Crippen LogP contribution is 2.11. The second-order valence-electron chi connectivity index (χ2n) is 6.65. The lowest BCUT2D eigenvalue weighted by Crippen LogP contribution is -1.92. The van der Waals surface area contributed by atoms with Gasteiger partial charge in [0.2, 0.25) is 0 Å². The Balaban J connectivity index is 3.22. The third-order valence-electron chi connectivity index (χ3n) is 4.30. The molecule has 0 aromatic heterocycles. The third kappa shape index (κ3) is 17.5. The van der Waals surface area contributed by atoms with Gasteiger partial charge in [0.15, 0.2) is 5.78 Å². The van der Waals surface area contributed by atoms with Crippen LogP contribution in [0.1, 0.15) is 117 Å². The molecule has 0 atom stereocenters. The molecule has 1 nitrogen and oxygen atoms in total. The maximum Gasteiger partial charge on any atom is 0.155 e. The Labute approximate surface area is 140 Å². The molecule has 0 aromatic carbocycles. The fourth-order valence-corrected chi connectivity index (χ4v) is 2.77. The molecule has 0 aliphatic heterocycles. The lowest BCUT2D eigenvalue weighted by Gasteiger charge is -2.01. The van der Waals surface area contributed by atoms with E-state index >= 15 is 0 Å². The molecule has 0 radical (unpaired) electrons. The van der Waals surface area contributed by atoms with Crippen LogP contribution in [-0.4, -0.2) is 5.78 Å². The van der Waals surface area contributed by atoms with Crippen molar-refractivity contribution in [2.24, 2.45) is 0 Å². The number of unbranched alkanes of at least 4 members (excludes halogenated alkanes) is 13. The summed E-state index contributed by atoms with van der Waals surface area (Å²) in [6.45, 7) is 4.49. The van der Waals surface area contributed by atoms with Crippen molar-refractivity contribution in [3.8, 4) is 0 Å². The Hall–Kier alpha value is -0.590. The molecule has 0 bridgehead atoms. The summed E-state index contributed by atoms with van der Waals surface area (Å²) in [5.41, 5.74) is 0. The van der Waals surface area contributed by atoms with E-state index in [2.05, 4.69) is 19.9 Å². The average molecular weight is 309 g/mol. The molecule has 1 heteroatoms. The minimum absolute atomic E-state index is 0.329. The van der Waals surface area contributed by atoms with E-state index in [1.807, 2.05) is 6.08 Å². The number of carbonyl (C=O) groups excluding carboxylic acids is 1. The minimum Gasteiger partial charge on any atom is -0.295 e. The Kier molecular flexibility index (Phi) is 18.0. The molecule has 0 aromatic rings. The zero-order valence-corrected chi connectivity index (χ0v) is 15.4. The molecule has 130 valence electrons. The quantitative estimate of drug-likeness (QED) is 0.202. The van der Waals surface area contributed by atoms with Gasteiger partial charge in [0.05, 0.1) is 0 Å². The molecule has 0 fully saturated rings. The maximum absolute atomic E-state index is 11.7. The van der Waals surface area contributed by atoms with Crippen molar-refractivity contribution in [1.82, 2.24) is 0 Å². The van der Waals surface area contributed by atoms with Crippen molar-refractivity contribution >= 4 is 5.78 Å². The van der Waals surface area contributed by atoms with E-state index in [0.29, 0.717) is 5.78 Å². The van der Waals surface area contributed by atoms with Crippen LogP contribution in [0.15, 0.2) is 12.2 Å². The summed E-state index contributed by atoms with van der Waals surface area (Å²) < 4.78 is 0. The molecule has 0 aliphatic rings. The van der Waals surface area contributed by atoms with Crippen LogP contribution in [-0.2, 0) is 4.79 Å². The number of hydrogen-bond acceptors (Lipinski definition) is 1. The molecule has 0 N–H and O–H groups in total. The monoisotopic (exact) mass is 308 g/mol. The van der Waals surface area contributed by atoms with Crippen LogP contribution in [0.25, 0.3) is 0 Å². The van der Waals surface area contributed by atoms with Crippen LogP contribution < -0.4 is 0 Å². The molecule has 0 spiro atoms. The van der Waals surface area contributed by atoms with E-state index in [4.69, 9.17) is 0 Å². The SMILES string of the molecule is CCCCCC/C=C/C(=O)CCCCCCCCCCCC. The third-order valence-corrected chi connectivity index (χ3v) is 4.30. The molecule has 22 heavy (non-hydrogen) atoms. The molecule has 0 saturated carbocycles. The highest BCUT2D eigenvalue weighted by molar-refractivity contribution is 5.89. The fourth-order valence-electron chi connectivity index (χ4n) is 2.77. The first-order chi connectivity index (χ1) is 10.8. The van der Waals surface area contributed by atoms with Gasteiger partial charge in [-0.25, -0.2) is 0 Å². The fraction of sp³-hybridized carbons (Fsp3) is 0.857. The number of rotatable bonds is 17. The van der Waals surface area contributed by atoms with Gasteiger partial charge >= 0.3 is 0 Å². The van der Waals surface area contributed by atoms with Gasteiger partial charge in [-0.2, -0.15) is 0 Å². The van der Waals surface area contributed by atoms with Gasteiger partial charge in [-0.1, -0.05) is 97.0 Å². The number of carbonyl (C=O) groups is 1. The van der Waals surface area contributed by atoms with Gasteiger partial charge in [0, 0.05) is 6.42 Å². The smallest absolute Gasteiger partial charge is 0.155 e. The van der Waals surface area contributed by atoms with Crippen molar-refractivity contribution in [2.75, 3.05) is 0 Å². The van der Waals surface area contributed by atoms with Gasteiger partial charge in [-0.15, -0.1) is 0 Å². The molecular weight excluding hydrogens is 268 g/mol. The Morgan fingerprint density at radius 1 is 0.636 bits per heavy atom. The van der Waals surface area contributed by atoms with Crippen LogP contribution in [0.5, 0.6) is 0 Å². The summed E-state index contributed by atoms with van der Waals surface area (Å²) in [4.78, 5) is 11.7. The van der Waals surface area contributed by atoms with Crippen molar-refractivity contribution < 1.29 is 4.79 Å². The average Bonchev–Trinajstić information content (AvgIpc) is 2.52. The summed E-state index contributed by atoms with van der Waals surface area (Å²) in [6.07, 6.45) is 24.2.